The molecule has 106 valence electrons. The number of H-pyrrole nitrogens is 1. The Bertz CT molecular complexity index is 832. The Kier molecular flexibility index (Phi) is 3.53. The van der Waals surface area contributed by atoms with Crippen LogP contribution in [0.1, 0.15) is 21.1 Å². The summed E-state index contributed by atoms with van der Waals surface area (Å²) < 4.78 is 4.68. The number of thiazole rings is 1. The minimum atomic E-state index is -0.438. The third-order valence-corrected chi connectivity index (χ3v) is 4.02. The van der Waals surface area contributed by atoms with Crippen LogP contribution in [0.25, 0.3) is 10.9 Å². The lowest BCUT2D eigenvalue weighted by Gasteiger charge is -2.00. The maximum atomic E-state index is 11.5. The van der Waals surface area contributed by atoms with Gasteiger partial charge in [0.1, 0.15) is 10.7 Å². The number of para-hydroxylation sites is 1. The monoisotopic (exact) mass is 299 g/mol. The summed E-state index contributed by atoms with van der Waals surface area (Å²) in [4.78, 5) is 23.4. The number of hydrogen-bond donors (Lipinski definition) is 1. The van der Waals surface area contributed by atoms with Gasteiger partial charge in [-0.05, 0) is 6.07 Å². The molecule has 6 heteroatoms. The maximum Gasteiger partial charge on any atom is 0.357 e. The Morgan fingerprint density at radius 3 is 2.95 bits per heavy atom. The summed E-state index contributed by atoms with van der Waals surface area (Å²) in [7, 11) is 3.06. The summed E-state index contributed by atoms with van der Waals surface area (Å²) in [5, 5.41) is 3.46. The maximum absolute atomic E-state index is 11.5. The van der Waals surface area contributed by atoms with E-state index in [2.05, 4.69) is 19.7 Å². The van der Waals surface area contributed by atoms with E-state index in [-0.39, 0.29) is 0 Å². The van der Waals surface area contributed by atoms with Crippen LogP contribution in [0.2, 0.25) is 0 Å². The Morgan fingerprint density at radius 2 is 2.19 bits per heavy atom. The number of hydrogen-bond acceptors (Lipinski definition) is 5. The van der Waals surface area contributed by atoms with Gasteiger partial charge in [-0.3, -0.25) is 4.99 Å². The number of nitrogens with zero attached hydrogens (tertiary/aromatic N) is 2. The van der Waals surface area contributed by atoms with Gasteiger partial charge >= 0.3 is 5.97 Å². The Labute approximate surface area is 125 Å². The molecule has 0 radical (unpaired) electrons. The Morgan fingerprint density at radius 1 is 1.38 bits per heavy atom. The second-order valence-electron chi connectivity index (χ2n) is 4.35. The van der Waals surface area contributed by atoms with Crippen molar-refractivity contribution < 1.29 is 9.53 Å². The SMILES string of the molecule is CN=C(c1nc(C(=O)OC)cs1)c1c[nH]c2ccccc12. The molecule has 2 heterocycles. The molecule has 0 saturated carbocycles. The van der Waals surface area contributed by atoms with Gasteiger partial charge in [-0.1, -0.05) is 18.2 Å². The molecule has 2 aromatic heterocycles. The number of ether oxygens (including phenoxy) is 1. The van der Waals surface area contributed by atoms with Crippen LogP contribution in [0.15, 0.2) is 40.8 Å². The summed E-state index contributed by atoms with van der Waals surface area (Å²) in [6.45, 7) is 0. The zero-order valence-corrected chi connectivity index (χ0v) is 12.4. The fraction of sp³-hybridized carbons (Fsp3) is 0.133. The summed E-state index contributed by atoms with van der Waals surface area (Å²) in [6, 6.07) is 7.99. The predicted molar refractivity (Wildman–Crippen MR) is 83.3 cm³/mol. The van der Waals surface area contributed by atoms with Crippen LogP contribution in [-0.2, 0) is 4.74 Å². The van der Waals surface area contributed by atoms with Crippen LogP contribution in [0, 0.1) is 0 Å². The van der Waals surface area contributed by atoms with Crippen molar-refractivity contribution in [1.82, 2.24) is 9.97 Å². The number of aromatic nitrogens is 2. The number of fused-ring (bicyclic) bond motifs is 1. The van der Waals surface area contributed by atoms with E-state index in [9.17, 15) is 4.79 Å². The highest BCUT2D eigenvalue weighted by Gasteiger charge is 2.17. The summed E-state index contributed by atoms with van der Waals surface area (Å²) in [5.41, 5.74) is 3.07. The third-order valence-electron chi connectivity index (χ3n) is 3.17. The largest absolute Gasteiger partial charge is 0.464 e. The minimum absolute atomic E-state index is 0.304. The van der Waals surface area contributed by atoms with Crippen LogP contribution in [0.5, 0.6) is 0 Å². The van der Waals surface area contributed by atoms with Crippen molar-refractivity contribution in [3.05, 3.63) is 52.1 Å². The van der Waals surface area contributed by atoms with Crippen LogP contribution in [0.4, 0.5) is 0 Å². The first-order chi connectivity index (χ1) is 10.2. The predicted octanol–water partition coefficient (Wildman–Crippen LogP) is 2.88. The molecule has 0 saturated heterocycles. The number of benzene rings is 1. The molecule has 1 N–H and O–H groups in total. The number of esters is 1. The highest BCUT2D eigenvalue weighted by atomic mass is 32.1. The van der Waals surface area contributed by atoms with Gasteiger partial charge in [0.2, 0.25) is 0 Å². The van der Waals surface area contributed by atoms with Crippen molar-refractivity contribution in [3.8, 4) is 0 Å². The van der Waals surface area contributed by atoms with Crippen molar-refractivity contribution in [3.63, 3.8) is 0 Å². The molecular formula is C15H13N3O2S. The lowest BCUT2D eigenvalue weighted by atomic mass is 10.1. The Hall–Kier alpha value is -2.47. The Balaban J connectivity index is 2.07. The molecule has 0 spiro atoms. The first-order valence-corrected chi connectivity index (χ1v) is 7.20. The van der Waals surface area contributed by atoms with E-state index in [1.165, 1.54) is 18.4 Å². The fourth-order valence-electron chi connectivity index (χ4n) is 2.18. The van der Waals surface area contributed by atoms with Gasteiger partial charge < -0.3 is 9.72 Å². The number of rotatable bonds is 3. The average Bonchev–Trinajstić information content (AvgIpc) is 3.15. The molecule has 0 aliphatic rings. The van der Waals surface area contributed by atoms with Crippen LogP contribution < -0.4 is 0 Å². The van der Waals surface area contributed by atoms with Crippen LogP contribution in [-0.4, -0.2) is 35.8 Å². The second-order valence-corrected chi connectivity index (χ2v) is 5.21. The fourth-order valence-corrected chi connectivity index (χ4v) is 3.02. The molecule has 21 heavy (non-hydrogen) atoms. The lowest BCUT2D eigenvalue weighted by Crippen LogP contribution is -2.05. The van der Waals surface area contributed by atoms with Crippen molar-refractivity contribution >= 4 is 33.9 Å². The first kappa shape index (κ1) is 13.5. The summed E-state index contributed by atoms with van der Waals surface area (Å²) >= 11 is 1.38. The average molecular weight is 299 g/mol. The van der Waals surface area contributed by atoms with Gasteiger partial charge in [-0.15, -0.1) is 11.3 Å². The van der Waals surface area contributed by atoms with Gasteiger partial charge in [-0.2, -0.15) is 0 Å². The number of carbonyl (C=O) groups is 1. The number of aliphatic imine (C=N–C) groups is 1. The molecule has 5 nitrogen and oxygen atoms in total. The van der Waals surface area contributed by atoms with Crippen molar-refractivity contribution in [2.45, 2.75) is 0 Å². The first-order valence-electron chi connectivity index (χ1n) is 6.32. The smallest absolute Gasteiger partial charge is 0.357 e. The zero-order valence-electron chi connectivity index (χ0n) is 11.6. The van der Waals surface area contributed by atoms with Gasteiger partial charge in [0.25, 0.3) is 0 Å². The quantitative estimate of drug-likeness (QED) is 0.597. The van der Waals surface area contributed by atoms with E-state index in [4.69, 9.17) is 0 Å². The van der Waals surface area contributed by atoms with Gasteiger partial charge in [0.05, 0.1) is 7.11 Å². The third kappa shape index (κ3) is 2.34. The molecule has 0 aliphatic heterocycles. The summed E-state index contributed by atoms with van der Waals surface area (Å²) in [5.74, 6) is -0.438. The van der Waals surface area contributed by atoms with Crippen LogP contribution >= 0.6 is 11.3 Å². The minimum Gasteiger partial charge on any atom is -0.464 e. The lowest BCUT2D eigenvalue weighted by molar-refractivity contribution is 0.0595. The molecule has 0 amide bonds. The number of methoxy groups -OCH3 is 1. The van der Waals surface area contributed by atoms with E-state index >= 15 is 0 Å². The highest BCUT2D eigenvalue weighted by Crippen LogP contribution is 2.23. The molecule has 0 aliphatic carbocycles. The van der Waals surface area contributed by atoms with Gasteiger partial charge in [0, 0.05) is 35.1 Å². The molecular weight excluding hydrogens is 286 g/mol. The van der Waals surface area contributed by atoms with E-state index in [0.717, 1.165) is 22.2 Å². The highest BCUT2D eigenvalue weighted by molar-refractivity contribution is 7.12. The number of nitrogens with one attached hydrogen (secondary N) is 1. The molecule has 0 fully saturated rings. The van der Waals surface area contributed by atoms with Crippen molar-refractivity contribution in [2.75, 3.05) is 14.2 Å². The van der Waals surface area contributed by atoms with E-state index < -0.39 is 5.97 Å². The second kappa shape index (κ2) is 5.49. The standard InChI is InChI=1S/C15H13N3O2S/c1-16-13(14-18-12(8-21-14)15(19)20-2)10-7-17-11-6-4-3-5-9(10)11/h3-8,17H,1-2H3. The molecule has 3 rings (SSSR count). The molecule has 3 aromatic rings. The van der Waals surface area contributed by atoms with E-state index in [1.54, 1.807) is 12.4 Å². The molecule has 0 atom stereocenters. The van der Waals surface area contributed by atoms with E-state index in [0.29, 0.717) is 10.7 Å². The topological polar surface area (TPSA) is 67.3 Å². The zero-order chi connectivity index (χ0) is 14.8. The number of carbonyl (C=O) groups excluding carboxylic acids is 1. The van der Waals surface area contributed by atoms with Gasteiger partial charge in [0.15, 0.2) is 5.69 Å². The molecule has 0 unspecified atom stereocenters. The van der Waals surface area contributed by atoms with Crippen LogP contribution in [0.3, 0.4) is 0 Å². The van der Waals surface area contributed by atoms with E-state index in [1.807, 2.05) is 30.5 Å². The number of aromatic amines is 1. The van der Waals surface area contributed by atoms with Gasteiger partial charge in [-0.25, -0.2) is 9.78 Å². The van der Waals surface area contributed by atoms with Crippen molar-refractivity contribution in [1.29, 1.82) is 0 Å². The summed E-state index contributed by atoms with van der Waals surface area (Å²) in [6.07, 6.45) is 1.91. The normalized spacial score (nSPS) is 11.8. The molecule has 1 aromatic carbocycles. The van der Waals surface area contributed by atoms with Crippen molar-refractivity contribution in [2.24, 2.45) is 4.99 Å². The molecule has 0 bridgehead atoms.